The molecule has 0 aliphatic carbocycles. The summed E-state index contributed by atoms with van der Waals surface area (Å²) in [6.07, 6.45) is 0.445. The third-order valence-corrected chi connectivity index (χ3v) is 2.95. The van der Waals surface area contributed by atoms with E-state index in [-0.39, 0.29) is 6.61 Å². The summed E-state index contributed by atoms with van der Waals surface area (Å²) in [4.78, 5) is 0. The van der Waals surface area contributed by atoms with E-state index in [4.69, 9.17) is 5.11 Å². The monoisotopic (exact) mass is 259 g/mol. The number of hydrogen-bond acceptors (Lipinski definition) is 6. The molecule has 0 saturated carbocycles. The number of aromatic nitrogens is 7. The highest BCUT2D eigenvalue weighted by Crippen LogP contribution is 2.13. The molecule has 19 heavy (non-hydrogen) atoms. The molecule has 0 amide bonds. The highest BCUT2D eigenvalue weighted by molar-refractivity contribution is 5.74. The second kappa shape index (κ2) is 4.73. The van der Waals surface area contributed by atoms with Gasteiger partial charge in [-0.1, -0.05) is 11.3 Å². The maximum Gasteiger partial charge on any atom is 0.153 e. The summed E-state index contributed by atoms with van der Waals surface area (Å²) >= 11 is 0. The number of benzene rings is 1. The van der Waals surface area contributed by atoms with Gasteiger partial charge in [0.2, 0.25) is 0 Å². The second-order valence-corrected chi connectivity index (χ2v) is 4.26. The molecule has 0 aliphatic heterocycles. The molecule has 98 valence electrons. The fraction of sp³-hybridized carbons (Fsp3) is 0.364. The first-order valence-corrected chi connectivity index (χ1v) is 5.92. The average molecular weight is 259 g/mol. The van der Waals surface area contributed by atoms with Gasteiger partial charge in [0, 0.05) is 13.5 Å². The molecule has 0 saturated heterocycles. The lowest BCUT2D eigenvalue weighted by molar-refractivity contribution is 0.294. The summed E-state index contributed by atoms with van der Waals surface area (Å²) in [7, 11) is 1.86. The topological polar surface area (TPSA) is 94.5 Å². The summed E-state index contributed by atoms with van der Waals surface area (Å²) in [5.41, 5.74) is 2.87. The van der Waals surface area contributed by atoms with E-state index >= 15 is 0 Å². The molecule has 2 aromatic heterocycles. The van der Waals surface area contributed by atoms with E-state index in [1.807, 2.05) is 25.2 Å². The van der Waals surface area contributed by atoms with Crippen LogP contribution in [0.1, 0.15) is 11.4 Å². The number of tetrazole rings is 1. The van der Waals surface area contributed by atoms with Gasteiger partial charge < -0.3 is 5.11 Å². The van der Waals surface area contributed by atoms with E-state index < -0.39 is 0 Å². The van der Waals surface area contributed by atoms with Crippen molar-refractivity contribution < 1.29 is 5.11 Å². The number of fused-ring (bicyclic) bond motifs is 1. The molecular formula is C11H13N7O. The fourth-order valence-corrected chi connectivity index (χ4v) is 1.98. The van der Waals surface area contributed by atoms with Crippen molar-refractivity contribution in [3.63, 3.8) is 0 Å². The van der Waals surface area contributed by atoms with Crippen LogP contribution in [-0.2, 0) is 20.0 Å². The van der Waals surface area contributed by atoms with Gasteiger partial charge >= 0.3 is 0 Å². The first kappa shape index (κ1) is 11.7. The molecule has 0 spiro atoms. The van der Waals surface area contributed by atoms with Crippen molar-refractivity contribution in [1.82, 2.24) is 35.2 Å². The SMILES string of the molecule is Cn1nnc2cc(Cn3nnnc3CCO)ccc21. The quantitative estimate of drug-likeness (QED) is 0.681. The molecule has 0 atom stereocenters. The number of hydrogen-bond donors (Lipinski definition) is 1. The van der Waals surface area contributed by atoms with Crippen LogP contribution in [0.15, 0.2) is 18.2 Å². The third-order valence-electron chi connectivity index (χ3n) is 2.95. The normalized spacial score (nSPS) is 11.3. The van der Waals surface area contributed by atoms with Crippen LogP contribution >= 0.6 is 0 Å². The summed E-state index contributed by atoms with van der Waals surface area (Å²) in [6, 6.07) is 5.93. The molecule has 8 heteroatoms. The fourth-order valence-electron chi connectivity index (χ4n) is 1.98. The summed E-state index contributed by atoms with van der Waals surface area (Å²) in [5.74, 6) is 0.668. The van der Waals surface area contributed by atoms with Crippen LogP contribution in [-0.4, -0.2) is 46.9 Å². The average Bonchev–Trinajstić information content (AvgIpc) is 2.98. The summed E-state index contributed by atoms with van der Waals surface area (Å²) < 4.78 is 3.40. The van der Waals surface area contributed by atoms with E-state index in [0.29, 0.717) is 18.8 Å². The Balaban J connectivity index is 1.90. The summed E-state index contributed by atoms with van der Waals surface area (Å²) in [6.45, 7) is 0.582. The molecule has 0 fully saturated rings. The van der Waals surface area contributed by atoms with Gasteiger partial charge in [-0.15, -0.1) is 10.2 Å². The number of aryl methyl sites for hydroxylation is 1. The number of aliphatic hydroxyl groups excluding tert-OH is 1. The van der Waals surface area contributed by atoms with E-state index in [2.05, 4.69) is 25.8 Å². The molecular weight excluding hydrogens is 246 g/mol. The molecule has 0 aliphatic rings. The predicted molar refractivity (Wildman–Crippen MR) is 66.2 cm³/mol. The van der Waals surface area contributed by atoms with Crippen LogP contribution in [0.2, 0.25) is 0 Å². The highest BCUT2D eigenvalue weighted by atomic mass is 16.3. The van der Waals surface area contributed by atoms with E-state index in [0.717, 1.165) is 16.6 Å². The minimum Gasteiger partial charge on any atom is -0.396 e. The largest absolute Gasteiger partial charge is 0.396 e. The zero-order valence-corrected chi connectivity index (χ0v) is 10.4. The van der Waals surface area contributed by atoms with Crippen molar-refractivity contribution in [3.05, 3.63) is 29.6 Å². The van der Waals surface area contributed by atoms with Crippen LogP contribution in [0.5, 0.6) is 0 Å². The minimum atomic E-state index is 0.0313. The Labute approximate surface area is 108 Å². The van der Waals surface area contributed by atoms with Crippen molar-refractivity contribution in [2.24, 2.45) is 7.05 Å². The molecule has 0 unspecified atom stereocenters. The van der Waals surface area contributed by atoms with Crippen LogP contribution in [0.25, 0.3) is 11.0 Å². The van der Waals surface area contributed by atoms with Crippen molar-refractivity contribution in [2.45, 2.75) is 13.0 Å². The Bertz CT molecular complexity index is 702. The van der Waals surface area contributed by atoms with Gasteiger partial charge in [0.25, 0.3) is 0 Å². The molecule has 1 aromatic carbocycles. The molecule has 0 bridgehead atoms. The van der Waals surface area contributed by atoms with E-state index in [1.54, 1.807) is 9.36 Å². The van der Waals surface area contributed by atoms with Crippen LogP contribution in [0.3, 0.4) is 0 Å². The van der Waals surface area contributed by atoms with Crippen molar-refractivity contribution in [2.75, 3.05) is 6.61 Å². The van der Waals surface area contributed by atoms with Crippen LogP contribution in [0, 0.1) is 0 Å². The lowest BCUT2D eigenvalue weighted by atomic mass is 10.2. The Morgan fingerprint density at radius 2 is 2.11 bits per heavy atom. The van der Waals surface area contributed by atoms with Crippen molar-refractivity contribution in [1.29, 1.82) is 0 Å². The Kier molecular flexibility index (Phi) is 2.92. The Morgan fingerprint density at radius 1 is 1.21 bits per heavy atom. The molecule has 0 radical (unpaired) electrons. The third kappa shape index (κ3) is 2.17. The first-order valence-electron chi connectivity index (χ1n) is 5.92. The molecule has 8 nitrogen and oxygen atoms in total. The van der Waals surface area contributed by atoms with Gasteiger partial charge in [0.1, 0.15) is 5.52 Å². The van der Waals surface area contributed by atoms with Crippen molar-refractivity contribution >= 4 is 11.0 Å². The standard InChI is InChI=1S/C11H13N7O/c1-17-10-3-2-8(6-9(10)12-15-17)7-18-11(4-5-19)13-14-16-18/h2-3,6,19H,4-5,7H2,1H3. The van der Waals surface area contributed by atoms with Gasteiger partial charge in [0.15, 0.2) is 5.82 Å². The highest BCUT2D eigenvalue weighted by Gasteiger charge is 2.08. The number of aliphatic hydroxyl groups is 1. The van der Waals surface area contributed by atoms with Crippen LogP contribution in [0.4, 0.5) is 0 Å². The zero-order valence-electron chi connectivity index (χ0n) is 10.4. The maximum absolute atomic E-state index is 8.94. The Hall–Kier alpha value is -2.35. The van der Waals surface area contributed by atoms with Gasteiger partial charge in [0.05, 0.1) is 18.7 Å². The second-order valence-electron chi connectivity index (χ2n) is 4.26. The predicted octanol–water partition coefficient (Wildman–Crippen LogP) is -0.462. The molecule has 3 aromatic rings. The van der Waals surface area contributed by atoms with Gasteiger partial charge in [-0.25, -0.2) is 9.36 Å². The molecule has 2 heterocycles. The summed E-state index contributed by atoms with van der Waals surface area (Å²) in [5, 5.41) is 28.4. The first-order chi connectivity index (χ1) is 9.28. The number of nitrogens with zero attached hydrogens (tertiary/aromatic N) is 7. The zero-order chi connectivity index (χ0) is 13.2. The van der Waals surface area contributed by atoms with E-state index in [9.17, 15) is 0 Å². The Morgan fingerprint density at radius 3 is 2.95 bits per heavy atom. The smallest absolute Gasteiger partial charge is 0.153 e. The molecule has 1 N–H and O–H groups in total. The molecule has 3 rings (SSSR count). The lowest BCUT2D eigenvalue weighted by Crippen LogP contribution is -2.08. The van der Waals surface area contributed by atoms with Gasteiger partial charge in [-0.05, 0) is 28.1 Å². The lowest BCUT2D eigenvalue weighted by Gasteiger charge is -2.03. The number of rotatable bonds is 4. The van der Waals surface area contributed by atoms with E-state index in [1.165, 1.54) is 0 Å². The van der Waals surface area contributed by atoms with Crippen molar-refractivity contribution in [3.8, 4) is 0 Å². The maximum atomic E-state index is 8.94. The van der Waals surface area contributed by atoms with Gasteiger partial charge in [-0.2, -0.15) is 0 Å². The minimum absolute atomic E-state index is 0.0313. The van der Waals surface area contributed by atoms with Gasteiger partial charge in [-0.3, -0.25) is 0 Å². The van der Waals surface area contributed by atoms with Crippen LogP contribution < -0.4 is 0 Å².